The number of aliphatic carboxylic acids is 1. The maximum atomic E-state index is 12.3. The first kappa shape index (κ1) is 10.8. The van der Waals surface area contributed by atoms with Crippen molar-refractivity contribution in [3.05, 3.63) is 28.5 Å². The van der Waals surface area contributed by atoms with Gasteiger partial charge in [0.1, 0.15) is 0 Å². The molecule has 0 amide bonds. The molecule has 3 nitrogen and oxygen atoms in total. The first-order chi connectivity index (χ1) is 6.52. The van der Waals surface area contributed by atoms with Crippen LogP contribution in [0.2, 0.25) is 5.02 Å². The molecule has 1 heterocycles. The lowest BCUT2D eigenvalue weighted by Gasteiger charge is -2.05. The maximum absolute atomic E-state index is 12.3. The summed E-state index contributed by atoms with van der Waals surface area (Å²) in [6.45, 7) is 0. The fourth-order valence-electron chi connectivity index (χ4n) is 0.945. The second-order valence-electron chi connectivity index (χ2n) is 2.57. The van der Waals surface area contributed by atoms with Crippen LogP contribution in [0.1, 0.15) is 17.6 Å². The first-order valence-electron chi connectivity index (χ1n) is 3.64. The second-order valence-corrected chi connectivity index (χ2v) is 2.95. The van der Waals surface area contributed by atoms with Gasteiger partial charge in [-0.2, -0.15) is 0 Å². The van der Waals surface area contributed by atoms with Gasteiger partial charge in [0.25, 0.3) is 6.43 Å². The number of alkyl halides is 2. The highest BCUT2D eigenvalue weighted by Gasteiger charge is 2.16. The maximum Gasteiger partial charge on any atom is 0.307 e. The third-order valence-electron chi connectivity index (χ3n) is 1.56. The Morgan fingerprint density at radius 1 is 1.57 bits per heavy atom. The molecule has 1 rings (SSSR count). The van der Waals surface area contributed by atoms with E-state index >= 15 is 0 Å². The molecular formula is C8H6ClF2NO2. The zero-order valence-electron chi connectivity index (χ0n) is 6.88. The minimum atomic E-state index is -2.75. The Balaban J connectivity index is 3.07. The van der Waals surface area contributed by atoms with Gasteiger partial charge in [0.15, 0.2) is 0 Å². The van der Waals surface area contributed by atoms with Crippen LogP contribution in [0.5, 0.6) is 0 Å². The second kappa shape index (κ2) is 4.32. The van der Waals surface area contributed by atoms with Crippen molar-refractivity contribution >= 4 is 17.6 Å². The molecule has 1 N–H and O–H groups in total. The average molecular weight is 222 g/mol. The monoisotopic (exact) mass is 221 g/mol. The van der Waals surface area contributed by atoms with Gasteiger partial charge in [0.2, 0.25) is 0 Å². The number of hydrogen-bond acceptors (Lipinski definition) is 2. The van der Waals surface area contributed by atoms with Crippen molar-refractivity contribution in [1.29, 1.82) is 0 Å². The van der Waals surface area contributed by atoms with E-state index in [1.165, 1.54) is 6.20 Å². The number of rotatable bonds is 3. The summed E-state index contributed by atoms with van der Waals surface area (Å²) in [5.41, 5.74) is -0.345. The van der Waals surface area contributed by atoms with Crippen LogP contribution in [0.15, 0.2) is 12.4 Å². The Morgan fingerprint density at radius 2 is 2.21 bits per heavy atom. The molecule has 0 aromatic carbocycles. The molecule has 0 atom stereocenters. The largest absolute Gasteiger partial charge is 0.481 e. The molecule has 0 radical (unpaired) electrons. The van der Waals surface area contributed by atoms with Crippen LogP contribution in [0.4, 0.5) is 8.78 Å². The molecule has 0 unspecified atom stereocenters. The molecule has 76 valence electrons. The van der Waals surface area contributed by atoms with E-state index in [1.54, 1.807) is 0 Å². The fraction of sp³-hybridized carbons (Fsp3) is 0.250. The molecule has 0 aliphatic heterocycles. The number of nitrogens with zero attached hydrogens (tertiary/aromatic N) is 1. The van der Waals surface area contributed by atoms with Crippen molar-refractivity contribution in [1.82, 2.24) is 4.98 Å². The van der Waals surface area contributed by atoms with Crippen LogP contribution >= 0.6 is 11.6 Å². The van der Waals surface area contributed by atoms with Gasteiger partial charge < -0.3 is 5.11 Å². The normalized spacial score (nSPS) is 10.6. The molecule has 1 aromatic heterocycles. The topological polar surface area (TPSA) is 50.2 Å². The van der Waals surface area contributed by atoms with E-state index in [4.69, 9.17) is 16.7 Å². The Bertz CT molecular complexity index is 357. The zero-order chi connectivity index (χ0) is 10.7. The summed E-state index contributed by atoms with van der Waals surface area (Å²) in [5, 5.41) is 8.22. The number of carboxylic acid groups (broad SMARTS) is 1. The van der Waals surface area contributed by atoms with E-state index in [2.05, 4.69) is 4.98 Å². The third-order valence-corrected chi connectivity index (χ3v) is 2.02. The lowest BCUT2D eigenvalue weighted by molar-refractivity contribution is -0.136. The highest BCUT2D eigenvalue weighted by molar-refractivity contribution is 6.32. The van der Waals surface area contributed by atoms with Gasteiger partial charge in [-0.1, -0.05) is 11.6 Å². The number of aromatic nitrogens is 1. The predicted octanol–water partition coefficient (Wildman–Crippen LogP) is 2.30. The number of halogens is 3. The molecule has 14 heavy (non-hydrogen) atoms. The Hall–Kier alpha value is -1.23. The standard InChI is InChI=1S/C8H6ClF2NO2/c9-7-4(1-6(13)14)2-12-3-5(7)8(10)11/h2-3,8H,1H2,(H,13,14). The minimum Gasteiger partial charge on any atom is -0.481 e. The number of pyridine rings is 1. The molecule has 0 saturated heterocycles. The number of carboxylic acids is 1. The Morgan fingerprint density at radius 3 is 2.71 bits per heavy atom. The highest BCUT2D eigenvalue weighted by Crippen LogP contribution is 2.28. The Labute approximate surface area is 83.3 Å². The van der Waals surface area contributed by atoms with Crippen LogP contribution in [-0.2, 0) is 11.2 Å². The van der Waals surface area contributed by atoms with Crippen LogP contribution < -0.4 is 0 Å². The lowest BCUT2D eigenvalue weighted by atomic mass is 10.1. The van der Waals surface area contributed by atoms with Crippen molar-refractivity contribution < 1.29 is 18.7 Å². The smallest absolute Gasteiger partial charge is 0.307 e. The van der Waals surface area contributed by atoms with E-state index in [1.807, 2.05) is 0 Å². The third kappa shape index (κ3) is 2.38. The van der Waals surface area contributed by atoms with Crippen LogP contribution in [0.25, 0.3) is 0 Å². The quantitative estimate of drug-likeness (QED) is 0.852. The highest BCUT2D eigenvalue weighted by atomic mass is 35.5. The molecule has 0 aliphatic rings. The SMILES string of the molecule is O=C(O)Cc1cncc(C(F)F)c1Cl. The summed E-state index contributed by atoms with van der Waals surface area (Å²) in [5.74, 6) is -1.14. The molecule has 0 fully saturated rings. The zero-order valence-corrected chi connectivity index (χ0v) is 7.63. The van der Waals surface area contributed by atoms with Crippen LogP contribution in [0, 0.1) is 0 Å². The van der Waals surface area contributed by atoms with Crippen molar-refractivity contribution in [3.63, 3.8) is 0 Å². The van der Waals surface area contributed by atoms with Crippen molar-refractivity contribution in [2.24, 2.45) is 0 Å². The van der Waals surface area contributed by atoms with Gasteiger partial charge in [-0.3, -0.25) is 9.78 Å². The molecule has 0 bridgehead atoms. The number of carbonyl (C=O) groups is 1. The van der Waals surface area contributed by atoms with Gasteiger partial charge in [-0.05, 0) is 0 Å². The summed E-state index contributed by atoms with van der Waals surface area (Å²) in [4.78, 5) is 13.8. The van der Waals surface area contributed by atoms with Gasteiger partial charge >= 0.3 is 5.97 Å². The number of hydrogen-bond donors (Lipinski definition) is 1. The molecule has 0 saturated carbocycles. The summed E-state index contributed by atoms with van der Waals surface area (Å²) in [6, 6.07) is 0. The summed E-state index contributed by atoms with van der Waals surface area (Å²) in [6.07, 6.45) is -1.06. The van der Waals surface area contributed by atoms with E-state index in [-0.39, 0.29) is 10.6 Å². The average Bonchev–Trinajstić information content (AvgIpc) is 2.07. The summed E-state index contributed by atoms with van der Waals surface area (Å²) < 4.78 is 24.5. The summed E-state index contributed by atoms with van der Waals surface area (Å²) in [7, 11) is 0. The van der Waals surface area contributed by atoms with Crippen molar-refractivity contribution in [2.75, 3.05) is 0 Å². The van der Waals surface area contributed by atoms with E-state index in [9.17, 15) is 13.6 Å². The van der Waals surface area contributed by atoms with Gasteiger partial charge in [0.05, 0.1) is 17.0 Å². The molecule has 0 aliphatic carbocycles. The molecule has 6 heteroatoms. The lowest BCUT2D eigenvalue weighted by Crippen LogP contribution is -2.03. The predicted molar refractivity (Wildman–Crippen MR) is 45.5 cm³/mol. The minimum absolute atomic E-state index is 0.0944. The van der Waals surface area contributed by atoms with Crippen molar-refractivity contribution in [2.45, 2.75) is 12.8 Å². The fourth-order valence-corrected chi connectivity index (χ4v) is 1.19. The van der Waals surface area contributed by atoms with Gasteiger partial charge in [-0.15, -0.1) is 0 Å². The van der Waals surface area contributed by atoms with E-state index in [0.29, 0.717) is 0 Å². The molecule has 1 aromatic rings. The molecular weight excluding hydrogens is 216 g/mol. The van der Waals surface area contributed by atoms with Crippen LogP contribution in [-0.4, -0.2) is 16.1 Å². The van der Waals surface area contributed by atoms with Gasteiger partial charge in [0, 0.05) is 18.0 Å². The molecule has 0 spiro atoms. The summed E-state index contributed by atoms with van der Waals surface area (Å²) >= 11 is 5.56. The Kier molecular flexibility index (Phi) is 3.35. The van der Waals surface area contributed by atoms with E-state index in [0.717, 1.165) is 6.20 Å². The van der Waals surface area contributed by atoms with Gasteiger partial charge in [-0.25, -0.2) is 8.78 Å². The van der Waals surface area contributed by atoms with Crippen LogP contribution in [0.3, 0.4) is 0 Å². The van der Waals surface area contributed by atoms with Crippen molar-refractivity contribution in [3.8, 4) is 0 Å². The first-order valence-corrected chi connectivity index (χ1v) is 4.02. The van der Waals surface area contributed by atoms with E-state index < -0.39 is 24.4 Å².